The second kappa shape index (κ2) is 5.48. The summed E-state index contributed by atoms with van der Waals surface area (Å²) in [6.07, 6.45) is 8.61. The summed E-state index contributed by atoms with van der Waals surface area (Å²) in [5.41, 5.74) is 1.19. The van der Waals surface area contributed by atoms with Crippen molar-refractivity contribution in [3.05, 3.63) is 18.0 Å². The summed E-state index contributed by atoms with van der Waals surface area (Å²) >= 11 is 0. The third kappa shape index (κ3) is 3.08. The summed E-state index contributed by atoms with van der Waals surface area (Å²) in [5, 5.41) is 8.07. The first kappa shape index (κ1) is 11.6. The lowest BCUT2D eigenvalue weighted by molar-refractivity contribution is 0.282. The number of rotatable bonds is 4. The zero-order valence-corrected chi connectivity index (χ0v) is 10.4. The van der Waals surface area contributed by atoms with Crippen molar-refractivity contribution in [1.82, 2.24) is 15.1 Å². The molecule has 3 nitrogen and oxygen atoms in total. The average molecular weight is 221 g/mol. The molecule has 0 aromatic carbocycles. The highest BCUT2D eigenvalue weighted by atomic mass is 15.2. The molecule has 0 saturated heterocycles. The molecule has 0 bridgehead atoms. The van der Waals surface area contributed by atoms with Crippen molar-refractivity contribution in [2.24, 2.45) is 13.0 Å². The monoisotopic (exact) mass is 221 g/mol. The number of nitrogens with zero attached hydrogens (tertiary/aromatic N) is 2. The Labute approximate surface area is 98.2 Å². The van der Waals surface area contributed by atoms with Crippen LogP contribution in [-0.4, -0.2) is 22.4 Å². The lowest BCUT2D eigenvalue weighted by atomic mass is 9.86. The molecule has 2 atom stereocenters. The van der Waals surface area contributed by atoms with Gasteiger partial charge in [0.15, 0.2) is 0 Å². The van der Waals surface area contributed by atoms with Gasteiger partial charge < -0.3 is 5.32 Å². The van der Waals surface area contributed by atoms with E-state index in [4.69, 9.17) is 0 Å². The van der Waals surface area contributed by atoms with Crippen LogP contribution >= 0.6 is 0 Å². The number of aryl methyl sites for hydroxylation is 1. The molecule has 0 radical (unpaired) electrons. The lowest BCUT2D eigenvalue weighted by Crippen LogP contribution is -2.38. The third-order valence-electron chi connectivity index (χ3n) is 3.67. The number of hydrogen-bond donors (Lipinski definition) is 1. The van der Waals surface area contributed by atoms with Gasteiger partial charge in [0.2, 0.25) is 0 Å². The molecule has 1 aromatic heterocycles. The number of nitrogens with one attached hydrogen (secondary N) is 1. The standard InChI is InChI=1S/C13H23N3/c1-11-5-3-4-6-13(11)14-9-7-12-8-10-16(2)15-12/h8,10-11,13-14H,3-7,9H2,1-2H3. The predicted molar refractivity (Wildman–Crippen MR) is 66.3 cm³/mol. The van der Waals surface area contributed by atoms with Gasteiger partial charge in [0, 0.05) is 32.3 Å². The Bertz CT molecular complexity index is 319. The molecule has 1 aromatic rings. The molecule has 16 heavy (non-hydrogen) atoms. The van der Waals surface area contributed by atoms with Gasteiger partial charge in [-0.2, -0.15) is 5.10 Å². The summed E-state index contributed by atoms with van der Waals surface area (Å²) in [7, 11) is 1.97. The quantitative estimate of drug-likeness (QED) is 0.844. The molecule has 1 N–H and O–H groups in total. The first-order valence-electron chi connectivity index (χ1n) is 6.47. The Kier molecular flexibility index (Phi) is 3.99. The maximum atomic E-state index is 4.39. The molecule has 0 aliphatic heterocycles. The Hall–Kier alpha value is -0.830. The molecule has 90 valence electrons. The van der Waals surface area contributed by atoms with Crippen molar-refractivity contribution < 1.29 is 0 Å². The fourth-order valence-electron chi connectivity index (χ4n) is 2.60. The van der Waals surface area contributed by atoms with E-state index in [9.17, 15) is 0 Å². The van der Waals surface area contributed by atoms with Crippen LogP contribution in [-0.2, 0) is 13.5 Å². The molecule has 1 aliphatic carbocycles. The van der Waals surface area contributed by atoms with Crippen LogP contribution < -0.4 is 5.32 Å². The van der Waals surface area contributed by atoms with E-state index >= 15 is 0 Å². The fraction of sp³-hybridized carbons (Fsp3) is 0.769. The highest BCUT2D eigenvalue weighted by Crippen LogP contribution is 2.23. The van der Waals surface area contributed by atoms with E-state index in [1.165, 1.54) is 31.4 Å². The topological polar surface area (TPSA) is 29.9 Å². The van der Waals surface area contributed by atoms with E-state index in [2.05, 4.69) is 23.4 Å². The molecule has 3 heteroatoms. The van der Waals surface area contributed by atoms with Crippen LogP contribution in [0.4, 0.5) is 0 Å². The molecule has 2 unspecified atom stereocenters. The lowest BCUT2D eigenvalue weighted by Gasteiger charge is -2.29. The summed E-state index contributed by atoms with van der Waals surface area (Å²) in [4.78, 5) is 0. The normalized spacial score (nSPS) is 25.9. The van der Waals surface area contributed by atoms with Crippen molar-refractivity contribution in [3.63, 3.8) is 0 Å². The predicted octanol–water partition coefficient (Wildman–Crippen LogP) is 2.13. The van der Waals surface area contributed by atoms with E-state index in [1.807, 2.05) is 17.9 Å². The first-order chi connectivity index (χ1) is 7.75. The van der Waals surface area contributed by atoms with E-state index in [0.29, 0.717) is 0 Å². The molecular formula is C13H23N3. The fourth-order valence-corrected chi connectivity index (χ4v) is 2.60. The summed E-state index contributed by atoms with van der Waals surface area (Å²) in [6, 6.07) is 2.84. The maximum absolute atomic E-state index is 4.39. The van der Waals surface area contributed by atoms with Gasteiger partial charge in [-0.3, -0.25) is 4.68 Å². The first-order valence-corrected chi connectivity index (χ1v) is 6.47. The van der Waals surface area contributed by atoms with Crippen molar-refractivity contribution in [2.75, 3.05) is 6.54 Å². The van der Waals surface area contributed by atoms with E-state index in [1.54, 1.807) is 0 Å². The third-order valence-corrected chi connectivity index (χ3v) is 3.67. The smallest absolute Gasteiger partial charge is 0.0637 e. The van der Waals surface area contributed by atoms with Crippen LogP contribution in [0.3, 0.4) is 0 Å². The van der Waals surface area contributed by atoms with Crippen molar-refractivity contribution in [3.8, 4) is 0 Å². The molecule has 1 heterocycles. The molecule has 0 amide bonds. The van der Waals surface area contributed by atoms with Gasteiger partial charge in [-0.1, -0.05) is 19.8 Å². The molecule has 1 fully saturated rings. The SMILES string of the molecule is CC1CCCCC1NCCc1ccn(C)n1. The Morgan fingerprint density at radius 1 is 1.44 bits per heavy atom. The second-order valence-corrected chi connectivity index (χ2v) is 5.05. The van der Waals surface area contributed by atoms with E-state index in [0.717, 1.165) is 24.9 Å². The van der Waals surface area contributed by atoms with Gasteiger partial charge in [0.1, 0.15) is 0 Å². The van der Waals surface area contributed by atoms with Gasteiger partial charge in [0.25, 0.3) is 0 Å². The van der Waals surface area contributed by atoms with Gasteiger partial charge >= 0.3 is 0 Å². The van der Waals surface area contributed by atoms with Crippen LogP contribution in [0.15, 0.2) is 12.3 Å². The van der Waals surface area contributed by atoms with Gasteiger partial charge in [-0.15, -0.1) is 0 Å². The highest BCUT2D eigenvalue weighted by Gasteiger charge is 2.20. The van der Waals surface area contributed by atoms with Crippen LogP contribution in [0.2, 0.25) is 0 Å². The number of hydrogen-bond acceptors (Lipinski definition) is 2. The van der Waals surface area contributed by atoms with Crippen molar-refractivity contribution in [2.45, 2.75) is 45.1 Å². The molecule has 0 spiro atoms. The summed E-state index contributed by atoms with van der Waals surface area (Å²) < 4.78 is 1.87. The molecule has 2 rings (SSSR count). The Morgan fingerprint density at radius 2 is 2.25 bits per heavy atom. The molecular weight excluding hydrogens is 198 g/mol. The van der Waals surface area contributed by atoms with Gasteiger partial charge in [-0.05, 0) is 24.8 Å². The Morgan fingerprint density at radius 3 is 2.94 bits per heavy atom. The van der Waals surface area contributed by atoms with Crippen molar-refractivity contribution in [1.29, 1.82) is 0 Å². The van der Waals surface area contributed by atoms with E-state index in [-0.39, 0.29) is 0 Å². The van der Waals surface area contributed by atoms with Crippen LogP contribution in [0.5, 0.6) is 0 Å². The Balaban J connectivity index is 1.71. The molecule has 1 saturated carbocycles. The van der Waals surface area contributed by atoms with E-state index < -0.39 is 0 Å². The minimum absolute atomic E-state index is 0.734. The zero-order chi connectivity index (χ0) is 11.4. The summed E-state index contributed by atoms with van der Waals surface area (Å²) in [5.74, 6) is 0.845. The van der Waals surface area contributed by atoms with Crippen LogP contribution in [0.25, 0.3) is 0 Å². The number of aromatic nitrogens is 2. The minimum Gasteiger partial charge on any atom is -0.313 e. The molecule has 1 aliphatic rings. The van der Waals surface area contributed by atoms with Gasteiger partial charge in [-0.25, -0.2) is 0 Å². The summed E-state index contributed by atoms with van der Waals surface area (Å²) in [6.45, 7) is 3.43. The van der Waals surface area contributed by atoms with Crippen LogP contribution in [0, 0.1) is 5.92 Å². The minimum atomic E-state index is 0.734. The largest absolute Gasteiger partial charge is 0.313 e. The average Bonchev–Trinajstić information content (AvgIpc) is 2.67. The second-order valence-electron chi connectivity index (χ2n) is 5.05. The van der Waals surface area contributed by atoms with Crippen LogP contribution in [0.1, 0.15) is 38.3 Å². The highest BCUT2D eigenvalue weighted by molar-refractivity contribution is 4.99. The maximum Gasteiger partial charge on any atom is 0.0637 e. The zero-order valence-electron chi connectivity index (χ0n) is 10.4. The van der Waals surface area contributed by atoms with Crippen molar-refractivity contribution >= 4 is 0 Å². The van der Waals surface area contributed by atoms with Gasteiger partial charge in [0.05, 0.1) is 5.69 Å².